The van der Waals surface area contributed by atoms with E-state index in [9.17, 15) is 0 Å². The van der Waals surface area contributed by atoms with Gasteiger partial charge in [0.05, 0.1) is 0 Å². The van der Waals surface area contributed by atoms with Gasteiger partial charge in [0.2, 0.25) is 0 Å². The third-order valence-corrected chi connectivity index (χ3v) is 3.60. The largest absolute Gasteiger partial charge is 0.313 e. The maximum atomic E-state index is 4.34. The molecule has 5 heteroatoms. The SMILES string of the molecule is CSc1nnc(CCCNCC=C(C)C)n1CC(C)C. The van der Waals surface area contributed by atoms with Crippen molar-refractivity contribution in [1.82, 2.24) is 20.1 Å². The van der Waals surface area contributed by atoms with E-state index in [2.05, 4.69) is 60.1 Å². The minimum absolute atomic E-state index is 0.617. The predicted molar refractivity (Wildman–Crippen MR) is 87.3 cm³/mol. The summed E-state index contributed by atoms with van der Waals surface area (Å²) in [6.07, 6.45) is 6.36. The van der Waals surface area contributed by atoms with Gasteiger partial charge in [-0.1, -0.05) is 37.3 Å². The molecule has 1 heterocycles. The van der Waals surface area contributed by atoms with E-state index in [1.165, 1.54) is 5.57 Å². The molecule has 1 rings (SSSR count). The van der Waals surface area contributed by atoms with Crippen molar-refractivity contribution in [1.29, 1.82) is 0 Å². The second-order valence-corrected chi connectivity index (χ2v) is 6.47. The van der Waals surface area contributed by atoms with Gasteiger partial charge in [0.25, 0.3) is 0 Å². The van der Waals surface area contributed by atoms with Crippen LogP contribution < -0.4 is 5.32 Å². The van der Waals surface area contributed by atoms with Gasteiger partial charge in [0.15, 0.2) is 5.16 Å². The van der Waals surface area contributed by atoms with Gasteiger partial charge in [-0.3, -0.25) is 0 Å². The van der Waals surface area contributed by atoms with E-state index in [4.69, 9.17) is 0 Å². The summed E-state index contributed by atoms with van der Waals surface area (Å²) in [6, 6.07) is 0. The lowest BCUT2D eigenvalue weighted by atomic mass is 10.2. The zero-order chi connectivity index (χ0) is 15.0. The first kappa shape index (κ1) is 17.2. The highest BCUT2D eigenvalue weighted by atomic mass is 32.2. The molecule has 0 aromatic carbocycles. The molecule has 0 aliphatic heterocycles. The van der Waals surface area contributed by atoms with Crippen molar-refractivity contribution in [2.24, 2.45) is 5.92 Å². The molecule has 114 valence electrons. The molecule has 20 heavy (non-hydrogen) atoms. The summed E-state index contributed by atoms with van der Waals surface area (Å²) in [5, 5.41) is 13.1. The molecule has 0 spiro atoms. The summed E-state index contributed by atoms with van der Waals surface area (Å²) < 4.78 is 2.27. The minimum atomic E-state index is 0.617. The monoisotopic (exact) mass is 296 g/mol. The Kier molecular flexibility index (Phi) is 7.92. The Bertz CT molecular complexity index is 420. The van der Waals surface area contributed by atoms with Crippen molar-refractivity contribution in [3.8, 4) is 0 Å². The Hall–Kier alpha value is -0.810. The summed E-state index contributed by atoms with van der Waals surface area (Å²) in [5.74, 6) is 1.73. The first-order chi connectivity index (χ1) is 9.54. The van der Waals surface area contributed by atoms with Gasteiger partial charge in [-0.15, -0.1) is 10.2 Å². The van der Waals surface area contributed by atoms with E-state index in [1.807, 2.05) is 0 Å². The van der Waals surface area contributed by atoms with Crippen LogP contribution in [0, 0.1) is 5.92 Å². The Morgan fingerprint density at radius 1 is 1.35 bits per heavy atom. The van der Waals surface area contributed by atoms with Crippen molar-refractivity contribution in [3.63, 3.8) is 0 Å². The molecule has 0 atom stereocenters. The molecule has 4 nitrogen and oxygen atoms in total. The quantitative estimate of drug-likeness (QED) is 0.432. The van der Waals surface area contributed by atoms with Crippen LogP contribution in [0.5, 0.6) is 0 Å². The van der Waals surface area contributed by atoms with Crippen LogP contribution >= 0.6 is 11.8 Å². The lowest BCUT2D eigenvalue weighted by molar-refractivity contribution is 0.476. The van der Waals surface area contributed by atoms with Gasteiger partial charge in [0.1, 0.15) is 5.82 Å². The van der Waals surface area contributed by atoms with Crippen LogP contribution in [0.3, 0.4) is 0 Å². The number of thioether (sulfide) groups is 1. The molecule has 0 bridgehead atoms. The molecule has 1 aromatic heterocycles. The molecule has 0 saturated carbocycles. The lowest BCUT2D eigenvalue weighted by Gasteiger charge is -2.11. The Labute approximate surface area is 127 Å². The average Bonchev–Trinajstić information content (AvgIpc) is 2.75. The molecule has 0 radical (unpaired) electrons. The lowest BCUT2D eigenvalue weighted by Crippen LogP contribution is -2.17. The number of aromatic nitrogens is 3. The molecule has 0 saturated heterocycles. The van der Waals surface area contributed by atoms with Crippen LogP contribution in [0.2, 0.25) is 0 Å². The molecular weight excluding hydrogens is 268 g/mol. The van der Waals surface area contributed by atoms with E-state index >= 15 is 0 Å². The first-order valence-electron chi connectivity index (χ1n) is 7.34. The molecule has 0 aliphatic carbocycles. The fourth-order valence-electron chi connectivity index (χ4n) is 1.95. The number of aryl methyl sites for hydroxylation is 1. The third-order valence-electron chi connectivity index (χ3n) is 2.93. The summed E-state index contributed by atoms with van der Waals surface area (Å²) in [6.45, 7) is 11.7. The van der Waals surface area contributed by atoms with E-state index in [-0.39, 0.29) is 0 Å². The summed E-state index contributed by atoms with van der Waals surface area (Å²) >= 11 is 1.67. The Balaban J connectivity index is 2.43. The van der Waals surface area contributed by atoms with Gasteiger partial charge in [-0.25, -0.2) is 0 Å². The molecule has 0 fully saturated rings. The Morgan fingerprint density at radius 2 is 2.10 bits per heavy atom. The minimum Gasteiger partial charge on any atom is -0.313 e. The number of nitrogens with one attached hydrogen (secondary N) is 1. The summed E-state index contributed by atoms with van der Waals surface area (Å²) in [7, 11) is 0. The second kappa shape index (κ2) is 9.19. The van der Waals surface area contributed by atoms with E-state index in [0.29, 0.717) is 5.92 Å². The predicted octanol–water partition coefficient (Wildman–Crippen LogP) is 3.14. The fourth-order valence-corrected chi connectivity index (χ4v) is 2.48. The maximum absolute atomic E-state index is 4.34. The number of allylic oxidation sites excluding steroid dienone is 1. The van der Waals surface area contributed by atoms with Gasteiger partial charge in [-0.05, 0) is 39.0 Å². The topological polar surface area (TPSA) is 42.7 Å². The molecular formula is C15H28N4S. The molecule has 1 N–H and O–H groups in total. The van der Waals surface area contributed by atoms with Crippen molar-refractivity contribution >= 4 is 11.8 Å². The smallest absolute Gasteiger partial charge is 0.190 e. The number of hydrogen-bond acceptors (Lipinski definition) is 4. The van der Waals surface area contributed by atoms with E-state index < -0.39 is 0 Å². The highest BCUT2D eigenvalue weighted by Crippen LogP contribution is 2.16. The van der Waals surface area contributed by atoms with Gasteiger partial charge in [0, 0.05) is 19.5 Å². The second-order valence-electron chi connectivity index (χ2n) is 5.70. The maximum Gasteiger partial charge on any atom is 0.190 e. The number of nitrogens with zero attached hydrogens (tertiary/aromatic N) is 3. The van der Waals surface area contributed by atoms with Crippen LogP contribution in [0.4, 0.5) is 0 Å². The summed E-state index contributed by atoms with van der Waals surface area (Å²) in [4.78, 5) is 0. The van der Waals surface area contributed by atoms with E-state index in [1.54, 1.807) is 11.8 Å². The van der Waals surface area contributed by atoms with E-state index in [0.717, 1.165) is 43.5 Å². The van der Waals surface area contributed by atoms with Crippen LogP contribution in [0.25, 0.3) is 0 Å². The normalized spacial score (nSPS) is 11.1. The molecule has 0 unspecified atom stereocenters. The molecule has 0 amide bonds. The zero-order valence-electron chi connectivity index (χ0n) is 13.4. The standard InChI is InChI=1S/C15H28N4S/c1-12(2)8-10-16-9-6-7-14-17-18-15(20-5)19(14)11-13(3)4/h8,13,16H,6-7,9-11H2,1-5H3. The fraction of sp³-hybridized carbons (Fsp3) is 0.733. The van der Waals surface area contributed by atoms with Crippen molar-refractivity contribution < 1.29 is 0 Å². The van der Waals surface area contributed by atoms with Crippen molar-refractivity contribution in [3.05, 3.63) is 17.5 Å². The van der Waals surface area contributed by atoms with Crippen LogP contribution in [0.15, 0.2) is 16.8 Å². The van der Waals surface area contributed by atoms with Gasteiger partial charge >= 0.3 is 0 Å². The molecule has 0 aliphatic rings. The van der Waals surface area contributed by atoms with Crippen LogP contribution in [0.1, 0.15) is 39.9 Å². The van der Waals surface area contributed by atoms with Gasteiger partial charge in [-0.2, -0.15) is 0 Å². The summed E-state index contributed by atoms with van der Waals surface area (Å²) in [5.41, 5.74) is 1.36. The Morgan fingerprint density at radius 3 is 2.70 bits per heavy atom. The van der Waals surface area contributed by atoms with Crippen LogP contribution in [-0.2, 0) is 13.0 Å². The average molecular weight is 296 g/mol. The highest BCUT2D eigenvalue weighted by molar-refractivity contribution is 7.98. The van der Waals surface area contributed by atoms with Crippen LogP contribution in [-0.4, -0.2) is 34.1 Å². The zero-order valence-corrected chi connectivity index (χ0v) is 14.3. The number of hydrogen-bond donors (Lipinski definition) is 1. The van der Waals surface area contributed by atoms with Crippen molar-refractivity contribution in [2.75, 3.05) is 19.3 Å². The van der Waals surface area contributed by atoms with Gasteiger partial charge < -0.3 is 9.88 Å². The number of rotatable bonds is 9. The molecule has 1 aromatic rings. The first-order valence-corrected chi connectivity index (χ1v) is 8.57. The highest BCUT2D eigenvalue weighted by Gasteiger charge is 2.11. The third kappa shape index (κ3) is 6.09. The van der Waals surface area contributed by atoms with Crippen molar-refractivity contribution in [2.45, 2.75) is 52.2 Å².